The molecule has 0 atom stereocenters. The molecule has 0 aliphatic heterocycles. The van der Waals surface area contributed by atoms with Crippen molar-refractivity contribution in [3.63, 3.8) is 0 Å². The average molecular weight is 488 g/mol. The summed E-state index contributed by atoms with van der Waals surface area (Å²) in [5.41, 5.74) is 1.22. The summed E-state index contributed by atoms with van der Waals surface area (Å²) in [5.74, 6) is 0.421. The van der Waals surface area contributed by atoms with Crippen molar-refractivity contribution in [1.29, 1.82) is 0 Å². The van der Waals surface area contributed by atoms with Crippen molar-refractivity contribution >= 4 is 39.4 Å². The van der Waals surface area contributed by atoms with Crippen molar-refractivity contribution < 1.29 is 22.7 Å². The van der Waals surface area contributed by atoms with Crippen LogP contribution in [0.5, 0.6) is 0 Å². The number of ether oxygens (including phenoxy) is 1. The van der Waals surface area contributed by atoms with Crippen molar-refractivity contribution in [2.75, 3.05) is 11.2 Å². The Hall–Kier alpha value is -3.47. The summed E-state index contributed by atoms with van der Waals surface area (Å²) in [6, 6.07) is 1.63. The SMILES string of the molecule is C=C(/C=C\C=C(/C)NS(C)(=O)=O)c1cc(N(C(=O)OC(C)(C)C)C2CC2)n2ncc(C=O)c2n1. The monoisotopic (exact) mass is 487 g/mol. The molecule has 0 radical (unpaired) electrons. The highest BCUT2D eigenvalue weighted by atomic mass is 32.2. The summed E-state index contributed by atoms with van der Waals surface area (Å²) in [5, 5.41) is 4.27. The zero-order valence-electron chi connectivity index (χ0n) is 19.9. The number of amides is 1. The van der Waals surface area contributed by atoms with Crippen molar-refractivity contribution in [3.8, 4) is 0 Å². The molecule has 2 heterocycles. The fourth-order valence-electron chi connectivity index (χ4n) is 3.18. The van der Waals surface area contributed by atoms with Gasteiger partial charge in [0, 0.05) is 17.8 Å². The maximum absolute atomic E-state index is 13.1. The molecule has 1 fully saturated rings. The molecule has 34 heavy (non-hydrogen) atoms. The van der Waals surface area contributed by atoms with Gasteiger partial charge in [-0.05, 0) is 52.2 Å². The number of anilines is 1. The maximum atomic E-state index is 13.1. The predicted octanol–water partition coefficient (Wildman–Crippen LogP) is 3.47. The summed E-state index contributed by atoms with van der Waals surface area (Å²) in [7, 11) is -3.37. The van der Waals surface area contributed by atoms with E-state index in [9.17, 15) is 18.0 Å². The fraction of sp³-hybridized carbons (Fsp3) is 0.391. The van der Waals surface area contributed by atoms with Gasteiger partial charge >= 0.3 is 6.09 Å². The Morgan fingerprint density at radius 1 is 1.35 bits per heavy atom. The van der Waals surface area contributed by atoms with Gasteiger partial charge in [-0.2, -0.15) is 9.61 Å². The van der Waals surface area contributed by atoms with Gasteiger partial charge < -0.3 is 4.74 Å². The van der Waals surface area contributed by atoms with Crippen LogP contribution >= 0.6 is 0 Å². The van der Waals surface area contributed by atoms with Crippen LogP contribution in [0.1, 0.15) is 56.6 Å². The van der Waals surface area contributed by atoms with Crippen molar-refractivity contribution in [1.82, 2.24) is 19.3 Å². The Kier molecular flexibility index (Phi) is 6.97. The van der Waals surface area contributed by atoms with Gasteiger partial charge in [-0.3, -0.25) is 14.4 Å². The van der Waals surface area contributed by atoms with Crippen LogP contribution in [-0.4, -0.2) is 53.3 Å². The number of hydrogen-bond donors (Lipinski definition) is 1. The number of nitrogens with one attached hydrogen (secondary N) is 1. The molecule has 1 aliphatic carbocycles. The molecule has 0 unspecified atom stereocenters. The van der Waals surface area contributed by atoms with Gasteiger partial charge in [0.25, 0.3) is 0 Å². The highest BCUT2D eigenvalue weighted by Gasteiger charge is 2.38. The molecule has 0 spiro atoms. The zero-order valence-corrected chi connectivity index (χ0v) is 20.7. The molecule has 3 rings (SSSR count). The van der Waals surface area contributed by atoms with Crippen molar-refractivity contribution in [2.24, 2.45) is 0 Å². The maximum Gasteiger partial charge on any atom is 0.416 e. The molecule has 0 aromatic carbocycles. The number of sulfonamides is 1. The van der Waals surface area contributed by atoms with Crippen LogP contribution in [0, 0.1) is 0 Å². The smallest absolute Gasteiger partial charge is 0.416 e. The van der Waals surface area contributed by atoms with Crippen molar-refractivity contribution in [2.45, 2.75) is 52.2 Å². The summed E-state index contributed by atoms with van der Waals surface area (Å²) in [6.45, 7) is 11.0. The van der Waals surface area contributed by atoms with Gasteiger partial charge in [0.15, 0.2) is 11.9 Å². The molecule has 2 aromatic heterocycles. The van der Waals surface area contributed by atoms with Crippen LogP contribution in [0.25, 0.3) is 11.2 Å². The highest BCUT2D eigenvalue weighted by Crippen LogP contribution is 2.34. The Bertz CT molecular complexity index is 1300. The van der Waals surface area contributed by atoms with Gasteiger partial charge in [-0.1, -0.05) is 18.7 Å². The minimum Gasteiger partial charge on any atom is -0.443 e. The molecule has 2 aromatic rings. The lowest BCUT2D eigenvalue weighted by molar-refractivity contribution is 0.0575. The largest absolute Gasteiger partial charge is 0.443 e. The van der Waals surface area contributed by atoms with Crippen LogP contribution in [0.3, 0.4) is 0 Å². The molecule has 0 bridgehead atoms. The Morgan fingerprint density at radius 3 is 2.59 bits per heavy atom. The molecule has 1 aliphatic rings. The summed E-state index contributed by atoms with van der Waals surface area (Å²) >= 11 is 0. The van der Waals surface area contributed by atoms with Gasteiger partial charge in [0.1, 0.15) is 11.4 Å². The normalized spacial score (nSPS) is 14.9. The molecule has 10 nitrogen and oxygen atoms in total. The first kappa shape index (κ1) is 25.2. The van der Waals surface area contributed by atoms with Crippen molar-refractivity contribution in [3.05, 3.63) is 54.0 Å². The number of aromatic nitrogens is 3. The van der Waals surface area contributed by atoms with E-state index in [1.807, 2.05) is 0 Å². The number of nitrogens with zero attached hydrogens (tertiary/aromatic N) is 4. The van der Waals surface area contributed by atoms with Crippen LogP contribution in [0.4, 0.5) is 10.6 Å². The second-order valence-corrected chi connectivity index (χ2v) is 10.9. The van der Waals surface area contributed by atoms with E-state index in [1.54, 1.807) is 56.9 Å². The third-order valence-electron chi connectivity index (χ3n) is 4.68. The molecule has 1 saturated carbocycles. The van der Waals surface area contributed by atoms with E-state index < -0.39 is 21.7 Å². The topological polar surface area (TPSA) is 123 Å². The van der Waals surface area contributed by atoms with Crippen LogP contribution in [0.2, 0.25) is 0 Å². The summed E-state index contributed by atoms with van der Waals surface area (Å²) in [6.07, 6.45) is 9.11. The first-order chi connectivity index (χ1) is 15.8. The molecular weight excluding hydrogens is 458 g/mol. The van der Waals surface area contributed by atoms with E-state index in [0.717, 1.165) is 19.1 Å². The Morgan fingerprint density at radius 2 is 2.03 bits per heavy atom. The molecule has 182 valence electrons. The lowest BCUT2D eigenvalue weighted by Gasteiger charge is -2.27. The van der Waals surface area contributed by atoms with E-state index in [0.29, 0.717) is 29.1 Å². The number of carbonyl (C=O) groups is 2. The second-order valence-electron chi connectivity index (χ2n) is 9.14. The molecule has 1 N–H and O–H groups in total. The fourth-order valence-corrected chi connectivity index (χ4v) is 3.83. The van der Waals surface area contributed by atoms with E-state index in [-0.39, 0.29) is 17.3 Å². The van der Waals surface area contributed by atoms with E-state index >= 15 is 0 Å². The number of rotatable bonds is 8. The van der Waals surface area contributed by atoms with Crippen LogP contribution < -0.4 is 9.62 Å². The third kappa shape index (κ3) is 6.31. The van der Waals surface area contributed by atoms with Gasteiger partial charge in [-0.15, -0.1) is 0 Å². The number of allylic oxidation sites excluding steroid dienone is 5. The first-order valence-electron chi connectivity index (χ1n) is 10.7. The standard InChI is InChI=1S/C23H29N5O5S/c1-15(8-7-9-16(2)26-34(6,31)32)19-12-20(28-21(25-19)17(14-29)13-24-28)27(18-10-11-18)22(30)33-23(3,4)5/h7-9,12-14,18,26H,1,10-11H2,2-6H3/b8-7-,16-9+. The van der Waals surface area contributed by atoms with E-state index in [2.05, 4.69) is 21.4 Å². The number of aldehydes is 1. The quantitative estimate of drug-likeness (QED) is 0.447. The number of hydrogen-bond acceptors (Lipinski definition) is 7. The first-order valence-corrected chi connectivity index (χ1v) is 12.6. The van der Waals surface area contributed by atoms with E-state index in [4.69, 9.17) is 4.74 Å². The number of carbonyl (C=O) groups excluding carboxylic acids is 2. The van der Waals surface area contributed by atoms with Gasteiger partial charge in [0.2, 0.25) is 10.0 Å². The van der Waals surface area contributed by atoms with Gasteiger partial charge in [-0.25, -0.2) is 18.2 Å². The van der Waals surface area contributed by atoms with E-state index in [1.165, 1.54) is 10.7 Å². The summed E-state index contributed by atoms with van der Waals surface area (Å²) < 4.78 is 32.1. The predicted molar refractivity (Wildman–Crippen MR) is 130 cm³/mol. The van der Waals surface area contributed by atoms with Crippen LogP contribution in [-0.2, 0) is 14.8 Å². The molecule has 11 heteroatoms. The second kappa shape index (κ2) is 9.41. The average Bonchev–Trinajstić information content (AvgIpc) is 3.42. The molecule has 0 saturated heterocycles. The van der Waals surface area contributed by atoms with Crippen LogP contribution in [0.15, 0.2) is 42.8 Å². The van der Waals surface area contributed by atoms with Gasteiger partial charge in [0.05, 0.1) is 23.7 Å². The minimum absolute atomic E-state index is 0.0476. The number of fused-ring (bicyclic) bond motifs is 1. The summed E-state index contributed by atoms with van der Waals surface area (Å²) in [4.78, 5) is 30.7. The highest BCUT2D eigenvalue weighted by molar-refractivity contribution is 7.88. The Labute approximate surface area is 199 Å². The molecule has 1 amide bonds. The minimum atomic E-state index is -3.37. The lowest BCUT2D eigenvalue weighted by Crippen LogP contribution is -2.39. The Balaban J connectivity index is 2.03. The zero-order chi connectivity index (χ0) is 25.3. The third-order valence-corrected chi connectivity index (χ3v) is 5.37. The molecular formula is C23H29N5O5S. The lowest BCUT2D eigenvalue weighted by atomic mass is 10.1.